The summed E-state index contributed by atoms with van der Waals surface area (Å²) in [5.41, 5.74) is 1.95. The van der Waals surface area contributed by atoms with Crippen LogP contribution in [0.1, 0.15) is 36.2 Å². The molecule has 8 heteroatoms. The van der Waals surface area contributed by atoms with Gasteiger partial charge in [-0.1, -0.05) is 31.9 Å². The summed E-state index contributed by atoms with van der Waals surface area (Å²) in [7, 11) is 0. The summed E-state index contributed by atoms with van der Waals surface area (Å²) in [5.74, 6) is -1.68. The molecule has 0 aliphatic carbocycles. The first kappa shape index (κ1) is 24.1. The van der Waals surface area contributed by atoms with E-state index in [0.29, 0.717) is 22.7 Å². The van der Waals surface area contributed by atoms with Crippen LogP contribution in [0, 0.1) is 16.4 Å². The van der Waals surface area contributed by atoms with Crippen LogP contribution in [0.3, 0.4) is 0 Å². The van der Waals surface area contributed by atoms with E-state index in [9.17, 15) is 14.4 Å². The Labute approximate surface area is 194 Å². The molecule has 0 saturated carbocycles. The van der Waals surface area contributed by atoms with Crippen molar-refractivity contribution in [1.82, 2.24) is 5.32 Å². The average Bonchev–Trinajstić information content (AvgIpc) is 2.72. The summed E-state index contributed by atoms with van der Waals surface area (Å²) in [5, 5.41) is 5.94. The van der Waals surface area contributed by atoms with Crippen molar-refractivity contribution in [1.29, 1.82) is 0 Å². The molecule has 2 rings (SSSR count). The Morgan fingerprint density at radius 3 is 2.40 bits per heavy atom. The van der Waals surface area contributed by atoms with E-state index in [1.165, 1.54) is 0 Å². The molecule has 0 spiro atoms. The molecule has 0 aromatic heterocycles. The maximum absolute atomic E-state index is 12.6. The molecule has 2 N–H and O–H groups in total. The molecule has 0 aliphatic rings. The first-order valence-electron chi connectivity index (χ1n) is 9.50. The quantitative estimate of drug-likeness (QED) is 0.378. The van der Waals surface area contributed by atoms with E-state index >= 15 is 0 Å². The van der Waals surface area contributed by atoms with E-state index < -0.39 is 30.4 Å². The molecule has 2 aromatic carbocycles. The zero-order valence-electron chi connectivity index (χ0n) is 17.0. The normalized spacial score (nSPS) is 12.6. The van der Waals surface area contributed by atoms with Gasteiger partial charge in [-0.15, -0.1) is 0 Å². The number of esters is 1. The maximum atomic E-state index is 12.6. The van der Waals surface area contributed by atoms with Crippen molar-refractivity contribution in [3.63, 3.8) is 0 Å². The molecule has 0 unspecified atom stereocenters. The number of halogens is 2. The molecule has 0 radical (unpaired) electrons. The molecule has 0 aliphatic heterocycles. The van der Waals surface area contributed by atoms with Gasteiger partial charge in [-0.2, -0.15) is 0 Å². The van der Waals surface area contributed by atoms with Crippen molar-refractivity contribution in [2.24, 2.45) is 5.92 Å². The number of benzene rings is 2. The Balaban J connectivity index is 1.98. The van der Waals surface area contributed by atoms with Crippen LogP contribution in [-0.4, -0.2) is 30.4 Å². The van der Waals surface area contributed by atoms with Crippen LogP contribution >= 0.6 is 34.2 Å². The van der Waals surface area contributed by atoms with Crippen molar-refractivity contribution >= 4 is 57.7 Å². The van der Waals surface area contributed by atoms with Gasteiger partial charge in [0, 0.05) is 19.8 Å². The van der Waals surface area contributed by atoms with Gasteiger partial charge in [-0.3, -0.25) is 9.59 Å². The van der Waals surface area contributed by atoms with E-state index in [1.54, 1.807) is 30.3 Å². The van der Waals surface area contributed by atoms with Gasteiger partial charge in [0.2, 0.25) is 0 Å². The number of nitrogens with one attached hydrogen (secondary N) is 2. The summed E-state index contributed by atoms with van der Waals surface area (Å²) in [6.45, 7) is 5.19. The number of amides is 2. The highest BCUT2D eigenvalue weighted by Crippen LogP contribution is 2.18. The van der Waals surface area contributed by atoms with Crippen LogP contribution in [0.5, 0.6) is 0 Å². The topological polar surface area (TPSA) is 84.5 Å². The largest absolute Gasteiger partial charge is 0.454 e. The number of hydrogen-bond acceptors (Lipinski definition) is 4. The molecular formula is C22H24ClIN2O4. The number of carbonyl (C=O) groups is 3. The van der Waals surface area contributed by atoms with Crippen molar-refractivity contribution < 1.29 is 19.1 Å². The zero-order valence-corrected chi connectivity index (χ0v) is 19.9. The van der Waals surface area contributed by atoms with Crippen LogP contribution in [0.4, 0.5) is 5.69 Å². The summed E-state index contributed by atoms with van der Waals surface area (Å²) >= 11 is 8.04. The zero-order chi connectivity index (χ0) is 22.3. The molecule has 0 saturated heterocycles. The fraction of sp³-hybridized carbons (Fsp3) is 0.318. The Hall–Kier alpha value is -2.13. The first-order chi connectivity index (χ1) is 14.2. The lowest BCUT2D eigenvalue weighted by Crippen LogP contribution is -2.46. The highest BCUT2D eigenvalue weighted by Gasteiger charge is 2.28. The predicted molar refractivity (Wildman–Crippen MR) is 126 cm³/mol. The van der Waals surface area contributed by atoms with E-state index in [-0.39, 0.29) is 5.92 Å². The molecule has 30 heavy (non-hydrogen) atoms. The predicted octanol–water partition coefficient (Wildman–Crippen LogP) is 4.58. The van der Waals surface area contributed by atoms with E-state index in [4.69, 9.17) is 16.3 Å². The molecule has 6 nitrogen and oxygen atoms in total. The smallest absolute Gasteiger partial charge is 0.329 e. The first-order valence-corrected chi connectivity index (χ1v) is 11.0. The molecule has 2 aromatic rings. The lowest BCUT2D eigenvalue weighted by Gasteiger charge is -2.22. The maximum Gasteiger partial charge on any atom is 0.329 e. The van der Waals surface area contributed by atoms with Crippen molar-refractivity contribution in [2.45, 2.75) is 33.2 Å². The number of carbonyl (C=O) groups excluding carboxylic acids is 3. The minimum Gasteiger partial charge on any atom is -0.454 e. The molecule has 2 atom stereocenters. The lowest BCUT2D eigenvalue weighted by molar-refractivity contribution is -0.150. The van der Waals surface area contributed by atoms with Gasteiger partial charge >= 0.3 is 5.97 Å². The van der Waals surface area contributed by atoms with Crippen molar-refractivity contribution in [3.05, 3.63) is 62.2 Å². The third kappa shape index (κ3) is 6.98. The highest BCUT2D eigenvalue weighted by molar-refractivity contribution is 14.1. The second-order valence-corrected chi connectivity index (χ2v) is 8.64. The van der Waals surface area contributed by atoms with Gasteiger partial charge in [-0.05, 0) is 83.5 Å². The Morgan fingerprint density at radius 2 is 1.80 bits per heavy atom. The summed E-state index contributed by atoms with van der Waals surface area (Å²) in [6, 6.07) is 11.1. The van der Waals surface area contributed by atoms with E-state index in [0.717, 1.165) is 9.13 Å². The fourth-order valence-electron chi connectivity index (χ4n) is 2.68. The van der Waals surface area contributed by atoms with Gasteiger partial charge in [0.15, 0.2) is 6.61 Å². The van der Waals surface area contributed by atoms with Gasteiger partial charge in [0.05, 0.1) is 0 Å². The minimum atomic E-state index is -0.869. The number of rotatable bonds is 8. The summed E-state index contributed by atoms with van der Waals surface area (Å²) in [6.07, 6.45) is 0.648. The molecule has 2 amide bonds. The standard InChI is InChI=1S/C22H24ClIN2O4/c1-4-13(2)20(26-21(28)15-5-7-16(23)8-6-15)22(29)30-12-19(27)25-18-10-9-17(24)11-14(18)3/h5-11,13,20H,4,12H2,1-3H3,(H,25,27)(H,26,28)/t13-,20-/m0/s1. The third-order valence-electron chi connectivity index (χ3n) is 4.67. The van der Waals surface area contributed by atoms with E-state index in [1.807, 2.05) is 32.9 Å². The Morgan fingerprint density at radius 1 is 1.13 bits per heavy atom. The van der Waals surface area contributed by atoms with Gasteiger partial charge in [0.1, 0.15) is 6.04 Å². The Bertz CT molecular complexity index is 918. The second kappa shape index (κ2) is 11.3. The second-order valence-electron chi connectivity index (χ2n) is 6.96. The van der Waals surface area contributed by atoms with Gasteiger partial charge in [0.25, 0.3) is 11.8 Å². The summed E-state index contributed by atoms with van der Waals surface area (Å²) in [4.78, 5) is 37.3. The molecule has 0 heterocycles. The lowest BCUT2D eigenvalue weighted by atomic mass is 9.99. The molecular weight excluding hydrogens is 519 g/mol. The van der Waals surface area contributed by atoms with Crippen LogP contribution in [0.15, 0.2) is 42.5 Å². The molecule has 160 valence electrons. The van der Waals surface area contributed by atoms with Crippen molar-refractivity contribution in [2.75, 3.05) is 11.9 Å². The Kier molecular flexibility index (Phi) is 9.10. The van der Waals surface area contributed by atoms with Crippen molar-refractivity contribution in [3.8, 4) is 0 Å². The van der Waals surface area contributed by atoms with Gasteiger partial charge in [-0.25, -0.2) is 4.79 Å². The number of aryl methyl sites for hydroxylation is 1. The highest BCUT2D eigenvalue weighted by atomic mass is 127. The average molecular weight is 543 g/mol. The van der Waals surface area contributed by atoms with Crippen LogP contribution < -0.4 is 10.6 Å². The number of anilines is 1. The monoisotopic (exact) mass is 542 g/mol. The summed E-state index contributed by atoms with van der Waals surface area (Å²) < 4.78 is 6.25. The van der Waals surface area contributed by atoms with Crippen LogP contribution in [0.25, 0.3) is 0 Å². The fourth-order valence-corrected chi connectivity index (χ4v) is 3.45. The van der Waals surface area contributed by atoms with Crippen LogP contribution in [0.2, 0.25) is 5.02 Å². The number of hydrogen-bond donors (Lipinski definition) is 2. The van der Waals surface area contributed by atoms with Gasteiger partial charge < -0.3 is 15.4 Å². The van der Waals surface area contributed by atoms with Crippen LogP contribution in [-0.2, 0) is 14.3 Å². The minimum absolute atomic E-state index is 0.171. The van der Waals surface area contributed by atoms with E-state index in [2.05, 4.69) is 33.2 Å². The number of ether oxygens (including phenoxy) is 1. The third-order valence-corrected chi connectivity index (χ3v) is 5.59. The molecule has 0 bridgehead atoms. The molecule has 0 fully saturated rings. The SMILES string of the molecule is CC[C@H](C)[C@H](NC(=O)c1ccc(Cl)cc1)C(=O)OCC(=O)Nc1ccc(I)cc1C.